The van der Waals surface area contributed by atoms with E-state index in [9.17, 15) is 30.8 Å². The van der Waals surface area contributed by atoms with Crippen LogP contribution in [0.4, 0.5) is 23.2 Å². The van der Waals surface area contributed by atoms with Gasteiger partial charge in [0, 0.05) is 35.5 Å². The number of carbonyl (C=O) groups excluding carboxylic acids is 1. The molecule has 0 aliphatic carbocycles. The SMILES string of the molecule is COc1cc(N(Cc2cc(C(N)=O)ccc2-c2ccc(F)cc2F)CC(F)F)ccc1S(N)(=O)=O. The van der Waals surface area contributed by atoms with Crippen molar-refractivity contribution in [1.82, 2.24) is 0 Å². The molecule has 0 unspecified atom stereocenters. The number of primary amides is 1. The lowest BCUT2D eigenvalue weighted by Gasteiger charge is -2.27. The second-order valence-electron chi connectivity index (χ2n) is 7.51. The summed E-state index contributed by atoms with van der Waals surface area (Å²) in [6, 6.07) is 10.6. The van der Waals surface area contributed by atoms with Gasteiger partial charge in [-0.15, -0.1) is 0 Å². The maximum Gasteiger partial charge on any atom is 0.255 e. The minimum atomic E-state index is -4.15. The number of rotatable bonds is 9. The van der Waals surface area contributed by atoms with E-state index in [2.05, 4.69) is 0 Å². The molecule has 0 spiro atoms. The van der Waals surface area contributed by atoms with Gasteiger partial charge in [0.1, 0.15) is 22.3 Å². The first-order valence-corrected chi connectivity index (χ1v) is 11.6. The molecule has 0 aromatic heterocycles. The van der Waals surface area contributed by atoms with E-state index in [0.29, 0.717) is 6.07 Å². The maximum absolute atomic E-state index is 14.6. The Morgan fingerprint density at radius 2 is 1.71 bits per heavy atom. The molecule has 0 saturated carbocycles. The van der Waals surface area contributed by atoms with Gasteiger partial charge in [-0.2, -0.15) is 0 Å². The summed E-state index contributed by atoms with van der Waals surface area (Å²) in [6.07, 6.45) is -2.82. The molecular weight excluding hydrogens is 490 g/mol. The van der Waals surface area contributed by atoms with Crippen LogP contribution in [0.3, 0.4) is 0 Å². The zero-order valence-corrected chi connectivity index (χ0v) is 19.2. The fourth-order valence-electron chi connectivity index (χ4n) is 3.57. The van der Waals surface area contributed by atoms with Crippen LogP contribution in [0, 0.1) is 11.6 Å². The third-order valence-electron chi connectivity index (χ3n) is 5.15. The number of hydrogen-bond acceptors (Lipinski definition) is 5. The number of halogens is 4. The van der Waals surface area contributed by atoms with Crippen molar-refractivity contribution in [2.24, 2.45) is 10.9 Å². The first-order valence-electron chi connectivity index (χ1n) is 10.0. The Morgan fingerprint density at radius 3 is 2.29 bits per heavy atom. The average molecular weight is 511 g/mol. The van der Waals surface area contributed by atoms with Crippen LogP contribution in [-0.4, -0.2) is 34.4 Å². The molecule has 0 saturated heterocycles. The molecule has 0 atom stereocenters. The van der Waals surface area contributed by atoms with Crippen LogP contribution < -0.4 is 20.5 Å². The third-order valence-corrected chi connectivity index (χ3v) is 6.10. The van der Waals surface area contributed by atoms with Crippen molar-refractivity contribution in [2.75, 3.05) is 18.6 Å². The van der Waals surface area contributed by atoms with Gasteiger partial charge in [0.05, 0.1) is 13.7 Å². The quantitative estimate of drug-likeness (QED) is 0.426. The highest BCUT2D eigenvalue weighted by atomic mass is 32.2. The summed E-state index contributed by atoms with van der Waals surface area (Å²) in [5, 5.41) is 5.17. The van der Waals surface area contributed by atoms with Crippen molar-refractivity contribution >= 4 is 21.6 Å². The number of anilines is 1. The molecule has 12 heteroatoms. The lowest BCUT2D eigenvalue weighted by atomic mass is 9.96. The van der Waals surface area contributed by atoms with Crippen LogP contribution in [0.2, 0.25) is 0 Å². The maximum atomic E-state index is 14.6. The molecule has 0 bridgehead atoms. The smallest absolute Gasteiger partial charge is 0.255 e. The number of nitrogens with zero attached hydrogens (tertiary/aromatic N) is 1. The fourth-order valence-corrected chi connectivity index (χ4v) is 4.25. The Bertz CT molecular complexity index is 1370. The number of ether oxygens (including phenoxy) is 1. The predicted octanol–water partition coefficient (Wildman–Crippen LogP) is 3.66. The minimum absolute atomic E-state index is 0.0171. The Kier molecular flexibility index (Phi) is 7.66. The van der Waals surface area contributed by atoms with Crippen molar-refractivity contribution < 1.29 is 35.5 Å². The number of sulfonamides is 1. The summed E-state index contributed by atoms with van der Waals surface area (Å²) >= 11 is 0. The molecule has 3 aromatic carbocycles. The first kappa shape index (κ1) is 26.0. The molecule has 3 rings (SSSR count). The van der Waals surface area contributed by atoms with E-state index in [-0.39, 0.29) is 45.1 Å². The number of primary sulfonamides is 1. The van der Waals surface area contributed by atoms with Gasteiger partial charge in [0.15, 0.2) is 0 Å². The molecule has 1 amide bonds. The number of nitrogens with two attached hydrogens (primary N) is 2. The second-order valence-corrected chi connectivity index (χ2v) is 9.04. The molecule has 3 aromatic rings. The molecular formula is C23H21F4N3O4S. The van der Waals surface area contributed by atoms with Crippen LogP contribution in [0.1, 0.15) is 15.9 Å². The minimum Gasteiger partial charge on any atom is -0.495 e. The van der Waals surface area contributed by atoms with Crippen LogP contribution in [0.5, 0.6) is 5.75 Å². The van der Waals surface area contributed by atoms with Crippen molar-refractivity contribution in [3.63, 3.8) is 0 Å². The zero-order chi connectivity index (χ0) is 25.9. The largest absolute Gasteiger partial charge is 0.495 e. The number of carbonyl (C=O) groups is 1. The Hall–Kier alpha value is -3.64. The van der Waals surface area contributed by atoms with E-state index in [1.165, 1.54) is 48.4 Å². The molecule has 35 heavy (non-hydrogen) atoms. The molecule has 186 valence electrons. The van der Waals surface area contributed by atoms with Crippen molar-refractivity contribution in [3.8, 4) is 16.9 Å². The fraction of sp³-hybridized carbons (Fsp3) is 0.174. The van der Waals surface area contributed by atoms with Crippen molar-refractivity contribution in [2.45, 2.75) is 17.9 Å². The van der Waals surface area contributed by atoms with Crippen molar-refractivity contribution in [1.29, 1.82) is 0 Å². The topological polar surface area (TPSA) is 116 Å². The Balaban J connectivity index is 2.15. The summed E-state index contributed by atoms with van der Waals surface area (Å²) in [7, 11) is -2.96. The van der Waals surface area contributed by atoms with Gasteiger partial charge in [-0.25, -0.2) is 31.1 Å². The van der Waals surface area contributed by atoms with E-state index in [4.69, 9.17) is 15.6 Å². The third kappa shape index (κ3) is 6.08. The molecule has 0 heterocycles. The summed E-state index contributed by atoms with van der Waals surface area (Å²) in [4.78, 5) is 12.6. The van der Waals surface area contributed by atoms with E-state index < -0.39 is 40.5 Å². The van der Waals surface area contributed by atoms with Gasteiger partial charge < -0.3 is 15.4 Å². The highest BCUT2D eigenvalue weighted by Crippen LogP contribution is 2.33. The summed E-state index contributed by atoms with van der Waals surface area (Å²) in [5.41, 5.74) is 5.99. The van der Waals surface area contributed by atoms with E-state index >= 15 is 0 Å². The van der Waals surface area contributed by atoms with Gasteiger partial charge in [0.2, 0.25) is 15.9 Å². The second kappa shape index (κ2) is 10.3. The van der Waals surface area contributed by atoms with Crippen LogP contribution >= 0.6 is 0 Å². The van der Waals surface area contributed by atoms with Gasteiger partial charge in [0.25, 0.3) is 6.43 Å². The Morgan fingerprint density at radius 1 is 1.03 bits per heavy atom. The first-order chi connectivity index (χ1) is 16.4. The van der Waals surface area contributed by atoms with Crippen molar-refractivity contribution in [3.05, 3.63) is 77.4 Å². The number of benzene rings is 3. The molecule has 0 fully saturated rings. The standard InChI is InChI=1S/C23H21F4N3O4S/c1-34-20-10-16(4-7-21(20)35(29,32)33)30(12-22(26)27)11-14-8-13(23(28)31)2-5-17(14)18-6-3-15(24)9-19(18)25/h2-10,22H,11-12H2,1H3,(H2,28,31)(H2,29,32,33). The molecule has 0 aliphatic heterocycles. The van der Waals surface area contributed by atoms with E-state index in [0.717, 1.165) is 12.1 Å². The molecule has 0 radical (unpaired) electrons. The predicted molar refractivity (Wildman–Crippen MR) is 122 cm³/mol. The van der Waals surface area contributed by atoms with Gasteiger partial charge >= 0.3 is 0 Å². The average Bonchev–Trinajstić information content (AvgIpc) is 2.77. The zero-order valence-electron chi connectivity index (χ0n) is 18.3. The van der Waals surface area contributed by atoms with Crippen LogP contribution in [0.15, 0.2) is 59.5 Å². The number of hydrogen-bond donors (Lipinski definition) is 2. The van der Waals surface area contributed by atoms with E-state index in [1.807, 2.05) is 0 Å². The summed E-state index contributed by atoms with van der Waals surface area (Å²) in [5.74, 6) is -2.66. The Labute approximate surface area is 199 Å². The normalized spacial score (nSPS) is 11.5. The van der Waals surface area contributed by atoms with Gasteiger partial charge in [-0.3, -0.25) is 4.79 Å². The number of alkyl halides is 2. The summed E-state index contributed by atoms with van der Waals surface area (Å²) in [6.45, 7) is -1.07. The lowest BCUT2D eigenvalue weighted by molar-refractivity contribution is 0.1000. The highest BCUT2D eigenvalue weighted by molar-refractivity contribution is 7.89. The lowest BCUT2D eigenvalue weighted by Crippen LogP contribution is -2.29. The highest BCUT2D eigenvalue weighted by Gasteiger charge is 2.22. The number of amides is 1. The van der Waals surface area contributed by atoms with Crippen LogP contribution in [-0.2, 0) is 16.6 Å². The molecule has 4 N–H and O–H groups in total. The van der Waals surface area contributed by atoms with Crippen LogP contribution in [0.25, 0.3) is 11.1 Å². The molecule has 7 nitrogen and oxygen atoms in total. The molecule has 0 aliphatic rings. The van der Waals surface area contributed by atoms with Gasteiger partial charge in [-0.05, 0) is 47.5 Å². The van der Waals surface area contributed by atoms with E-state index in [1.54, 1.807) is 0 Å². The number of methoxy groups -OCH3 is 1. The monoisotopic (exact) mass is 511 g/mol. The van der Waals surface area contributed by atoms with Gasteiger partial charge in [-0.1, -0.05) is 6.07 Å². The summed E-state index contributed by atoms with van der Waals surface area (Å²) < 4.78 is 83.6.